The van der Waals surface area contributed by atoms with Crippen molar-refractivity contribution >= 4 is 19.0 Å². The van der Waals surface area contributed by atoms with Gasteiger partial charge in [-0.3, -0.25) is 9.69 Å². The zero-order valence-corrected chi connectivity index (χ0v) is 16.4. The van der Waals surface area contributed by atoms with E-state index in [1.807, 2.05) is 11.8 Å². The predicted molar refractivity (Wildman–Crippen MR) is 106 cm³/mol. The molecule has 1 aliphatic heterocycles. The zero-order valence-electron chi connectivity index (χ0n) is 16.4. The molecule has 1 heterocycles. The number of likely N-dealkylation sites (tertiary alicyclic amines) is 1. The van der Waals surface area contributed by atoms with E-state index in [2.05, 4.69) is 5.32 Å². The Bertz CT molecular complexity index is 726. The molecule has 10 nitrogen and oxygen atoms in total. The molecule has 0 saturated carbocycles. The molecule has 2 rings (SSSR count). The summed E-state index contributed by atoms with van der Waals surface area (Å²) >= 11 is 0. The van der Waals surface area contributed by atoms with Gasteiger partial charge in [-0.25, -0.2) is 4.79 Å². The highest BCUT2D eigenvalue weighted by Gasteiger charge is 2.32. The molecular weight excluding hydrogens is 381 g/mol. The van der Waals surface area contributed by atoms with Crippen LogP contribution >= 0.6 is 0 Å². The number of carboxylic acid groups (broad SMARTS) is 1. The quantitative estimate of drug-likeness (QED) is 0.248. The van der Waals surface area contributed by atoms with E-state index in [1.54, 1.807) is 0 Å². The normalized spacial score (nSPS) is 15.4. The molecule has 1 saturated heterocycles. The average molecular weight is 409 g/mol. The minimum atomic E-state index is -1.54. The summed E-state index contributed by atoms with van der Waals surface area (Å²) in [4.78, 5) is 25.5. The van der Waals surface area contributed by atoms with Crippen LogP contribution in [0, 0.1) is 5.92 Å². The van der Waals surface area contributed by atoms with Gasteiger partial charge in [-0.1, -0.05) is 13.0 Å². The highest BCUT2D eigenvalue weighted by Crippen LogP contribution is 2.34. The van der Waals surface area contributed by atoms with Crippen LogP contribution in [0.5, 0.6) is 11.5 Å². The van der Waals surface area contributed by atoms with E-state index >= 15 is 0 Å². The van der Waals surface area contributed by atoms with Crippen LogP contribution in [0.1, 0.15) is 22.8 Å². The first-order valence-corrected chi connectivity index (χ1v) is 9.54. The maximum Gasteiger partial charge on any atom is 0.451 e. The van der Waals surface area contributed by atoms with Crippen LogP contribution in [-0.2, 0) is 11.2 Å². The summed E-state index contributed by atoms with van der Waals surface area (Å²) < 4.78 is 5.74. The number of nitrogens with one attached hydrogen (secondary N) is 1. The Morgan fingerprint density at radius 1 is 1.38 bits per heavy atom. The third-order valence-electron chi connectivity index (χ3n) is 4.75. The van der Waals surface area contributed by atoms with Gasteiger partial charge in [0.1, 0.15) is 23.2 Å². The molecule has 1 fully saturated rings. The zero-order chi connectivity index (χ0) is 21.6. The number of nitrogens with zero attached hydrogens (tertiary/aromatic N) is 1. The molecular formula is C18H28BN3O7. The van der Waals surface area contributed by atoms with Crippen LogP contribution < -0.4 is 15.8 Å². The SMILES string of the molecule is C[C@@H](CN1CC(Oc2ccc(CCB(O)O)c(O)c2C(=O)O)C1)C(=O)NCCN. The van der Waals surface area contributed by atoms with E-state index in [-0.39, 0.29) is 42.0 Å². The Morgan fingerprint density at radius 2 is 2.07 bits per heavy atom. The number of phenols is 1. The minimum absolute atomic E-state index is 0.0263. The number of carbonyl (C=O) groups excluding carboxylic acids is 1. The number of benzene rings is 1. The summed E-state index contributed by atoms with van der Waals surface area (Å²) in [6.07, 6.45) is -0.163. The van der Waals surface area contributed by atoms with Crippen LogP contribution in [0.2, 0.25) is 6.32 Å². The number of carboxylic acids is 1. The lowest BCUT2D eigenvalue weighted by molar-refractivity contribution is -0.125. The van der Waals surface area contributed by atoms with E-state index < -0.39 is 18.8 Å². The molecule has 0 bridgehead atoms. The Balaban J connectivity index is 1.93. The predicted octanol–water partition coefficient (Wildman–Crippen LogP) is -1.12. The van der Waals surface area contributed by atoms with E-state index in [0.717, 1.165) is 0 Å². The van der Waals surface area contributed by atoms with Crippen molar-refractivity contribution in [3.63, 3.8) is 0 Å². The molecule has 0 radical (unpaired) electrons. The Morgan fingerprint density at radius 3 is 2.66 bits per heavy atom. The van der Waals surface area contributed by atoms with Gasteiger partial charge in [-0.2, -0.15) is 0 Å². The summed E-state index contributed by atoms with van der Waals surface area (Å²) in [5.41, 5.74) is 5.32. The van der Waals surface area contributed by atoms with Gasteiger partial charge in [0.05, 0.1) is 0 Å². The van der Waals surface area contributed by atoms with Gasteiger partial charge in [-0.05, 0) is 24.4 Å². The molecule has 0 unspecified atom stereocenters. The van der Waals surface area contributed by atoms with E-state index in [9.17, 15) is 19.8 Å². The highest BCUT2D eigenvalue weighted by molar-refractivity contribution is 6.41. The number of aromatic carboxylic acids is 1. The molecule has 0 aliphatic carbocycles. The molecule has 29 heavy (non-hydrogen) atoms. The van der Waals surface area contributed by atoms with Crippen LogP contribution in [0.3, 0.4) is 0 Å². The number of nitrogens with two attached hydrogens (primary N) is 1. The largest absolute Gasteiger partial charge is 0.507 e. The fourth-order valence-electron chi connectivity index (χ4n) is 3.17. The van der Waals surface area contributed by atoms with Crippen LogP contribution in [-0.4, -0.2) is 83.0 Å². The lowest BCUT2D eigenvalue weighted by atomic mass is 9.82. The van der Waals surface area contributed by atoms with Crippen molar-refractivity contribution in [3.8, 4) is 11.5 Å². The number of aryl methyl sites for hydroxylation is 1. The monoisotopic (exact) mass is 409 g/mol. The van der Waals surface area contributed by atoms with Crippen molar-refractivity contribution in [2.24, 2.45) is 11.7 Å². The smallest absolute Gasteiger partial charge is 0.451 e. The molecule has 1 atom stereocenters. The number of ether oxygens (including phenoxy) is 1. The first kappa shape index (κ1) is 22.9. The number of rotatable bonds is 11. The molecule has 7 N–H and O–H groups in total. The van der Waals surface area contributed by atoms with Crippen LogP contribution in [0.4, 0.5) is 0 Å². The minimum Gasteiger partial charge on any atom is -0.507 e. The van der Waals surface area contributed by atoms with Crippen molar-refractivity contribution in [2.75, 3.05) is 32.7 Å². The summed E-state index contributed by atoms with van der Waals surface area (Å²) in [5, 5.41) is 40.4. The standard InChI is InChI=1S/C18H28BN3O7/c1-11(17(24)21-7-6-20)8-22-9-13(10-22)29-14-3-2-12(4-5-19(27)28)16(23)15(14)18(25)26/h2-3,11,13,23,27-28H,4-10,20H2,1H3,(H,21,24)(H,25,26)/t11-/m0/s1. The maximum atomic E-state index is 11.9. The summed E-state index contributed by atoms with van der Waals surface area (Å²) in [7, 11) is -1.54. The summed E-state index contributed by atoms with van der Waals surface area (Å²) in [5.74, 6) is -1.98. The van der Waals surface area contributed by atoms with E-state index in [4.69, 9.17) is 20.5 Å². The Hall–Kier alpha value is -2.34. The van der Waals surface area contributed by atoms with Crippen LogP contribution in [0.25, 0.3) is 0 Å². The van der Waals surface area contributed by atoms with Gasteiger partial charge in [0.2, 0.25) is 5.91 Å². The van der Waals surface area contributed by atoms with Gasteiger partial charge in [0, 0.05) is 38.6 Å². The molecule has 1 aromatic carbocycles. The number of aromatic hydroxyl groups is 1. The van der Waals surface area contributed by atoms with Crippen molar-refractivity contribution in [3.05, 3.63) is 23.3 Å². The third-order valence-corrected chi connectivity index (χ3v) is 4.75. The third kappa shape index (κ3) is 6.33. The van der Waals surface area contributed by atoms with Crippen molar-refractivity contribution in [1.29, 1.82) is 0 Å². The second-order valence-electron chi connectivity index (χ2n) is 7.21. The Kier molecular flexibility index (Phi) is 8.26. The molecule has 1 amide bonds. The molecule has 1 aliphatic rings. The Labute approximate surface area is 169 Å². The van der Waals surface area contributed by atoms with Gasteiger partial charge in [0.25, 0.3) is 0 Å². The van der Waals surface area contributed by atoms with E-state index in [0.29, 0.717) is 38.3 Å². The van der Waals surface area contributed by atoms with Crippen molar-refractivity contribution in [1.82, 2.24) is 10.2 Å². The molecule has 0 spiro atoms. The lowest BCUT2D eigenvalue weighted by Crippen LogP contribution is -2.56. The summed E-state index contributed by atoms with van der Waals surface area (Å²) in [6.45, 7) is 4.26. The van der Waals surface area contributed by atoms with Crippen molar-refractivity contribution in [2.45, 2.75) is 25.8 Å². The first-order valence-electron chi connectivity index (χ1n) is 9.54. The molecule has 160 valence electrons. The number of amides is 1. The van der Waals surface area contributed by atoms with Gasteiger partial charge < -0.3 is 36.0 Å². The number of hydrogen-bond acceptors (Lipinski definition) is 8. The number of carbonyl (C=O) groups is 2. The lowest BCUT2D eigenvalue weighted by Gasteiger charge is -2.40. The average Bonchev–Trinajstić information content (AvgIpc) is 2.62. The summed E-state index contributed by atoms with van der Waals surface area (Å²) in [6, 6.07) is 2.98. The van der Waals surface area contributed by atoms with Gasteiger partial charge in [0.15, 0.2) is 0 Å². The second kappa shape index (κ2) is 10.4. The second-order valence-corrected chi connectivity index (χ2v) is 7.21. The topological polar surface area (TPSA) is 166 Å². The highest BCUT2D eigenvalue weighted by atomic mass is 16.5. The van der Waals surface area contributed by atoms with Crippen LogP contribution in [0.15, 0.2) is 12.1 Å². The fourth-order valence-corrected chi connectivity index (χ4v) is 3.17. The number of hydrogen-bond donors (Lipinski definition) is 6. The van der Waals surface area contributed by atoms with E-state index in [1.165, 1.54) is 12.1 Å². The maximum absolute atomic E-state index is 11.9. The van der Waals surface area contributed by atoms with Crippen molar-refractivity contribution < 1.29 is 34.6 Å². The molecule has 11 heteroatoms. The van der Waals surface area contributed by atoms with Gasteiger partial charge >= 0.3 is 13.1 Å². The first-order chi connectivity index (χ1) is 13.7. The van der Waals surface area contributed by atoms with Gasteiger partial charge in [-0.15, -0.1) is 0 Å². The fraction of sp³-hybridized carbons (Fsp3) is 0.556. The molecule has 0 aromatic heterocycles. The molecule has 1 aromatic rings.